The molecule has 0 aromatic rings. The molecule has 17 heavy (non-hydrogen) atoms. The zero-order chi connectivity index (χ0) is 13.4. The first-order chi connectivity index (χ1) is 8.63. The number of aliphatic hydroxyl groups is 1. The van der Waals surface area contributed by atoms with Gasteiger partial charge in [0.2, 0.25) is 5.91 Å². The Morgan fingerprint density at radius 1 is 1.76 bits per heavy atom. The fourth-order valence-corrected chi connectivity index (χ4v) is 2.18. The molecular formula is C10H21NO5Si. The van der Waals surface area contributed by atoms with E-state index in [-0.39, 0.29) is 18.9 Å². The van der Waals surface area contributed by atoms with Gasteiger partial charge < -0.3 is 24.3 Å². The van der Waals surface area contributed by atoms with Crippen molar-refractivity contribution in [1.29, 1.82) is 0 Å². The van der Waals surface area contributed by atoms with Gasteiger partial charge in [0, 0.05) is 20.1 Å². The number of hydrogen-bond donors (Lipinski definition) is 2. The first-order valence-electron chi connectivity index (χ1n) is 6.34. The van der Waals surface area contributed by atoms with Gasteiger partial charge >= 0.3 is 0 Å². The average molecular weight is 265 g/mol. The zero-order valence-electron chi connectivity index (χ0n) is 11.1. The quantitative estimate of drug-likeness (QED) is 0.424. The van der Waals surface area contributed by atoms with Crippen LogP contribution >= 0.6 is 0 Å². The van der Waals surface area contributed by atoms with Crippen molar-refractivity contribution >= 4 is 15.7 Å². The van der Waals surface area contributed by atoms with Gasteiger partial charge in [-0.25, -0.2) is 0 Å². The molecule has 1 saturated heterocycles. The van der Waals surface area contributed by atoms with Gasteiger partial charge in [0.25, 0.3) is 0 Å². The third-order valence-electron chi connectivity index (χ3n) is 2.41. The molecule has 0 saturated carbocycles. The smallest absolute Gasteiger partial charge is 0.246 e. The van der Waals surface area contributed by atoms with Crippen LogP contribution in [-0.2, 0) is 18.7 Å². The Morgan fingerprint density at radius 3 is 3.24 bits per heavy atom. The predicted octanol–water partition coefficient (Wildman–Crippen LogP) is -1.23. The number of carbonyl (C=O) groups is 1. The third-order valence-corrected chi connectivity index (χ3v) is 3.61. The summed E-state index contributed by atoms with van der Waals surface area (Å²) in [7, 11) is 1.29. The molecule has 1 amide bonds. The number of aliphatic hydroxyl groups excluding tert-OH is 1. The zero-order valence-corrected chi connectivity index (χ0v) is 11.5. The predicted molar refractivity (Wildman–Crippen MR) is 64.3 cm³/mol. The van der Waals surface area contributed by atoms with E-state index in [2.05, 4.69) is 5.32 Å². The van der Waals surface area contributed by atoms with Crippen LogP contribution in [0.2, 0.25) is 6.04 Å². The van der Waals surface area contributed by atoms with Crippen LogP contribution in [0, 0.1) is 0 Å². The molecule has 0 spiro atoms. The van der Waals surface area contributed by atoms with E-state index in [0.717, 1.165) is 12.5 Å². The summed E-state index contributed by atoms with van der Waals surface area (Å²) in [6.45, 7) is -0.268. The fraction of sp³-hybridized carbons (Fsp3) is 0.900. The molecule has 7 heteroatoms. The molecule has 1 aliphatic rings. The summed E-state index contributed by atoms with van der Waals surface area (Å²) in [6.07, 6.45) is -0.490. The van der Waals surface area contributed by atoms with Crippen molar-refractivity contribution in [2.45, 2.75) is 31.3 Å². The Morgan fingerprint density at radius 2 is 2.59 bits per heavy atom. The lowest BCUT2D eigenvalue weighted by Gasteiger charge is -2.13. The number of rotatable bonds is 8. The molecule has 0 aliphatic carbocycles. The van der Waals surface area contributed by atoms with Crippen molar-refractivity contribution in [3.05, 3.63) is 0 Å². The second-order valence-electron chi connectivity index (χ2n) is 3.83. The van der Waals surface area contributed by atoms with E-state index in [4.69, 9.17) is 15.3 Å². The minimum absolute atomic E-state index is 0.112. The Bertz CT molecular complexity index is 258. The first kappa shape index (κ1) is 13.0. The van der Waals surface area contributed by atoms with E-state index >= 15 is 0 Å². The lowest BCUT2D eigenvalue weighted by Crippen LogP contribution is -2.33. The van der Waals surface area contributed by atoms with Crippen molar-refractivity contribution in [2.75, 3.05) is 26.8 Å². The van der Waals surface area contributed by atoms with Crippen LogP contribution in [0.3, 0.4) is 0 Å². The number of carbonyl (C=O) groups excluding carboxylic acids is 1. The number of ether oxygens (including phenoxy) is 2. The topological polar surface area (TPSA) is 77.0 Å². The fourth-order valence-electron chi connectivity index (χ4n) is 1.44. The highest BCUT2D eigenvalue weighted by Gasteiger charge is 2.27. The van der Waals surface area contributed by atoms with Gasteiger partial charge in [-0.15, -0.1) is 0 Å². The Hall–Kier alpha value is -0.473. The minimum Gasteiger partial charge on any atom is -0.427 e. The van der Waals surface area contributed by atoms with Crippen LogP contribution in [0.4, 0.5) is 0 Å². The molecular weight excluding hydrogens is 242 g/mol. The minimum atomic E-state index is -1.10. The highest BCUT2D eigenvalue weighted by molar-refractivity contribution is 6.26. The van der Waals surface area contributed by atoms with E-state index in [0.29, 0.717) is 6.54 Å². The normalized spacial score (nSPS) is 29.8. The van der Waals surface area contributed by atoms with Crippen LogP contribution in [0.5, 0.6) is 0 Å². The van der Waals surface area contributed by atoms with Gasteiger partial charge in [-0.1, -0.05) is 0 Å². The molecule has 2 N–H and O–H groups in total. The van der Waals surface area contributed by atoms with Gasteiger partial charge in [-0.2, -0.15) is 0 Å². The highest BCUT2D eigenvalue weighted by atomic mass is 28.2. The van der Waals surface area contributed by atoms with E-state index in [1.807, 2.05) is 0 Å². The third kappa shape index (κ3) is 6.13. The lowest BCUT2D eigenvalue weighted by molar-refractivity contribution is -0.143. The Kier molecular flexibility index (Phi) is 6.56. The number of hydrogen-bond acceptors (Lipinski definition) is 5. The molecule has 6 nitrogen and oxygen atoms in total. The summed E-state index contributed by atoms with van der Waals surface area (Å²) in [6, 6.07) is 1.04. The molecule has 1 rings (SSSR count). The summed E-state index contributed by atoms with van der Waals surface area (Å²) in [5, 5.41) is 12.1. The Balaban J connectivity index is 2.03. The molecule has 3 unspecified atom stereocenters. The summed E-state index contributed by atoms with van der Waals surface area (Å²) in [5.74, 6) is -0.213. The number of nitrogens with one attached hydrogen (secondary N) is 1. The average Bonchev–Trinajstić information content (AvgIpc) is 2.65. The number of amides is 1. The van der Waals surface area contributed by atoms with Crippen molar-refractivity contribution < 1.29 is 25.2 Å². The second-order valence-corrected chi connectivity index (χ2v) is 5.52. The largest absolute Gasteiger partial charge is 0.427 e. The molecule has 0 bridgehead atoms. The van der Waals surface area contributed by atoms with Crippen molar-refractivity contribution in [3.63, 3.8) is 0 Å². The van der Waals surface area contributed by atoms with Crippen molar-refractivity contribution in [2.24, 2.45) is 0 Å². The van der Waals surface area contributed by atoms with E-state index < -0.39 is 28.7 Å². The molecule has 1 aliphatic heterocycles. The SMILES string of the molecule is [3H]C1CC(OCC(=O)NCCC[SiH2]OC)C(O)O1. The lowest BCUT2D eigenvalue weighted by atomic mass is 10.3. The van der Waals surface area contributed by atoms with Crippen LogP contribution in [0.1, 0.15) is 14.2 Å². The highest BCUT2D eigenvalue weighted by Crippen LogP contribution is 2.14. The summed E-state index contributed by atoms with van der Waals surface area (Å²) < 4.78 is 22.3. The molecule has 0 aromatic carbocycles. The standard InChI is InChI=1S/C10H21NO5Si/c1-14-17-6-2-4-11-9(12)7-16-8-3-5-15-10(8)13/h8,10,13H,2-7,17H2,1H3,(H,11,12)/i5T. The summed E-state index contributed by atoms with van der Waals surface area (Å²) in [5.41, 5.74) is 0. The molecule has 1 heterocycles. The van der Waals surface area contributed by atoms with E-state index in [1.165, 1.54) is 0 Å². The molecule has 1 fully saturated rings. The molecule has 100 valence electrons. The van der Waals surface area contributed by atoms with Gasteiger partial charge in [-0.05, 0) is 12.5 Å². The first-order valence-corrected chi connectivity index (χ1v) is 7.34. The van der Waals surface area contributed by atoms with Gasteiger partial charge in [0.15, 0.2) is 16.1 Å². The molecule has 3 atom stereocenters. The Labute approximate surface area is 105 Å². The van der Waals surface area contributed by atoms with Crippen LogP contribution in [0.15, 0.2) is 0 Å². The van der Waals surface area contributed by atoms with Gasteiger partial charge in [-0.3, -0.25) is 4.79 Å². The van der Waals surface area contributed by atoms with Gasteiger partial charge in [0.1, 0.15) is 12.7 Å². The molecule has 0 radical (unpaired) electrons. The van der Waals surface area contributed by atoms with Crippen LogP contribution < -0.4 is 5.32 Å². The van der Waals surface area contributed by atoms with Gasteiger partial charge in [0.05, 0.1) is 7.95 Å². The summed E-state index contributed by atoms with van der Waals surface area (Å²) >= 11 is 0. The van der Waals surface area contributed by atoms with Crippen molar-refractivity contribution in [3.8, 4) is 0 Å². The maximum Gasteiger partial charge on any atom is 0.246 e. The van der Waals surface area contributed by atoms with E-state index in [1.54, 1.807) is 7.11 Å². The maximum absolute atomic E-state index is 11.4. The monoisotopic (exact) mass is 265 g/mol. The van der Waals surface area contributed by atoms with Crippen LogP contribution in [-0.4, -0.2) is 60.0 Å². The molecule has 0 aromatic heterocycles. The maximum atomic E-state index is 11.4. The summed E-state index contributed by atoms with van der Waals surface area (Å²) in [4.78, 5) is 11.4. The van der Waals surface area contributed by atoms with Crippen LogP contribution in [0.25, 0.3) is 0 Å². The van der Waals surface area contributed by atoms with E-state index in [9.17, 15) is 9.90 Å². The second kappa shape index (κ2) is 8.59. The van der Waals surface area contributed by atoms with Crippen molar-refractivity contribution in [1.82, 2.24) is 5.32 Å².